The van der Waals surface area contributed by atoms with Gasteiger partial charge in [0, 0.05) is 30.1 Å². The lowest BCUT2D eigenvalue weighted by atomic mass is 9.94. The number of halogens is 1. The predicted molar refractivity (Wildman–Crippen MR) is 77.3 cm³/mol. The van der Waals surface area contributed by atoms with Gasteiger partial charge in [-0.05, 0) is 30.0 Å². The van der Waals surface area contributed by atoms with Gasteiger partial charge in [-0.1, -0.05) is 35.0 Å². The second-order valence-corrected chi connectivity index (χ2v) is 6.05. The van der Waals surface area contributed by atoms with Crippen molar-refractivity contribution in [1.82, 2.24) is 4.90 Å². The average molecular weight is 313 g/mol. The van der Waals surface area contributed by atoms with Gasteiger partial charge < -0.3 is 10.8 Å². The lowest BCUT2D eigenvalue weighted by molar-refractivity contribution is 0.0181. The van der Waals surface area contributed by atoms with Crippen molar-refractivity contribution in [3.8, 4) is 0 Å². The molecule has 0 radical (unpaired) electrons. The summed E-state index contributed by atoms with van der Waals surface area (Å²) in [7, 11) is 0. The van der Waals surface area contributed by atoms with Crippen LogP contribution in [0.3, 0.4) is 0 Å². The molecule has 0 spiro atoms. The molecule has 3 nitrogen and oxygen atoms in total. The molecule has 1 aromatic carbocycles. The molecule has 3 unspecified atom stereocenters. The van der Waals surface area contributed by atoms with Crippen LogP contribution in [0.4, 0.5) is 0 Å². The van der Waals surface area contributed by atoms with Crippen LogP contribution in [-0.2, 0) is 0 Å². The highest BCUT2D eigenvalue weighted by Gasteiger charge is 2.28. The number of hydrogen-bond donors (Lipinski definition) is 2. The normalized spacial score (nSPS) is 27.1. The molecule has 1 aromatic rings. The molecule has 1 aliphatic rings. The van der Waals surface area contributed by atoms with E-state index in [-0.39, 0.29) is 12.1 Å². The zero-order valence-electron chi connectivity index (χ0n) is 10.7. The van der Waals surface area contributed by atoms with Crippen molar-refractivity contribution in [3.63, 3.8) is 0 Å². The van der Waals surface area contributed by atoms with Gasteiger partial charge in [-0.3, -0.25) is 4.90 Å². The number of aliphatic hydroxyl groups is 1. The maximum atomic E-state index is 9.80. The highest BCUT2D eigenvalue weighted by atomic mass is 79.9. The fraction of sp³-hybridized carbons (Fsp3) is 0.571. The SMILES string of the molecule is CC1CN(C(CN)c2cccc(Br)c2)CCC1O. The number of likely N-dealkylation sites (tertiary alicyclic amines) is 1. The summed E-state index contributed by atoms with van der Waals surface area (Å²) in [5.41, 5.74) is 7.19. The molecule has 3 N–H and O–H groups in total. The molecule has 18 heavy (non-hydrogen) atoms. The van der Waals surface area contributed by atoms with Crippen molar-refractivity contribution in [2.75, 3.05) is 19.6 Å². The molecule has 1 aliphatic heterocycles. The molecule has 0 aromatic heterocycles. The fourth-order valence-corrected chi connectivity index (χ4v) is 3.08. The minimum atomic E-state index is -0.165. The summed E-state index contributed by atoms with van der Waals surface area (Å²) in [5.74, 6) is 0.319. The third-order valence-corrected chi connectivity index (χ3v) is 4.28. The van der Waals surface area contributed by atoms with Crippen LogP contribution < -0.4 is 5.73 Å². The van der Waals surface area contributed by atoms with Gasteiger partial charge in [0.05, 0.1) is 6.10 Å². The van der Waals surface area contributed by atoms with Crippen LogP contribution in [0.5, 0.6) is 0 Å². The second kappa shape index (κ2) is 6.15. The van der Waals surface area contributed by atoms with E-state index in [0.717, 1.165) is 24.0 Å². The van der Waals surface area contributed by atoms with Gasteiger partial charge >= 0.3 is 0 Å². The zero-order valence-corrected chi connectivity index (χ0v) is 12.3. The highest BCUT2D eigenvalue weighted by molar-refractivity contribution is 9.10. The summed E-state index contributed by atoms with van der Waals surface area (Å²) in [5, 5.41) is 9.80. The number of nitrogens with zero attached hydrogens (tertiary/aromatic N) is 1. The van der Waals surface area contributed by atoms with Crippen molar-refractivity contribution in [3.05, 3.63) is 34.3 Å². The Hall–Kier alpha value is -0.420. The Kier molecular flexibility index (Phi) is 4.78. The van der Waals surface area contributed by atoms with Crippen molar-refractivity contribution in [1.29, 1.82) is 0 Å². The van der Waals surface area contributed by atoms with Crippen LogP contribution in [0.15, 0.2) is 28.7 Å². The molecule has 0 saturated carbocycles. The van der Waals surface area contributed by atoms with E-state index in [0.29, 0.717) is 12.5 Å². The maximum absolute atomic E-state index is 9.80. The summed E-state index contributed by atoms with van der Waals surface area (Å²) in [4.78, 5) is 2.39. The van der Waals surface area contributed by atoms with Gasteiger partial charge in [-0.2, -0.15) is 0 Å². The third-order valence-electron chi connectivity index (χ3n) is 3.79. The Labute approximate surface area is 117 Å². The predicted octanol–water partition coefficient (Wildman–Crippen LogP) is 2.15. The lowest BCUT2D eigenvalue weighted by Gasteiger charge is -2.39. The number of benzene rings is 1. The van der Waals surface area contributed by atoms with Gasteiger partial charge in [-0.25, -0.2) is 0 Å². The zero-order chi connectivity index (χ0) is 13.1. The Bertz CT molecular complexity index is 399. The van der Waals surface area contributed by atoms with Crippen LogP contribution in [0.2, 0.25) is 0 Å². The number of nitrogens with two attached hydrogens (primary N) is 1. The van der Waals surface area contributed by atoms with Crippen molar-refractivity contribution in [2.24, 2.45) is 11.7 Å². The standard InChI is InChI=1S/C14H21BrN2O/c1-10-9-17(6-5-14(10)18)13(8-16)11-3-2-4-12(15)7-11/h2-4,7,10,13-14,18H,5-6,8-9,16H2,1H3. The van der Waals surface area contributed by atoms with E-state index >= 15 is 0 Å². The maximum Gasteiger partial charge on any atom is 0.0590 e. The first-order valence-electron chi connectivity index (χ1n) is 6.49. The van der Waals surface area contributed by atoms with E-state index in [4.69, 9.17) is 5.73 Å². The molecule has 1 saturated heterocycles. The molecule has 1 fully saturated rings. The molecule has 100 valence electrons. The van der Waals surface area contributed by atoms with Gasteiger partial charge in [0.15, 0.2) is 0 Å². The Balaban J connectivity index is 2.14. The van der Waals surface area contributed by atoms with Crippen LogP contribution in [0.25, 0.3) is 0 Å². The van der Waals surface area contributed by atoms with Crippen molar-refractivity contribution >= 4 is 15.9 Å². The molecule has 0 bridgehead atoms. The number of aliphatic hydroxyl groups excluding tert-OH is 1. The molecule has 0 aliphatic carbocycles. The summed E-state index contributed by atoms with van der Waals surface area (Å²) in [6.45, 7) is 4.54. The lowest BCUT2D eigenvalue weighted by Crippen LogP contribution is -2.45. The minimum absolute atomic E-state index is 0.165. The first-order valence-corrected chi connectivity index (χ1v) is 7.28. The summed E-state index contributed by atoms with van der Waals surface area (Å²) < 4.78 is 1.09. The van der Waals surface area contributed by atoms with E-state index < -0.39 is 0 Å². The molecule has 4 heteroatoms. The van der Waals surface area contributed by atoms with E-state index in [9.17, 15) is 5.11 Å². The first-order chi connectivity index (χ1) is 8.61. The van der Waals surface area contributed by atoms with Crippen LogP contribution >= 0.6 is 15.9 Å². The highest BCUT2D eigenvalue weighted by Crippen LogP contribution is 2.27. The number of hydrogen-bond acceptors (Lipinski definition) is 3. The summed E-state index contributed by atoms with van der Waals surface area (Å²) in [6.07, 6.45) is 0.674. The van der Waals surface area contributed by atoms with Gasteiger partial charge in [-0.15, -0.1) is 0 Å². The topological polar surface area (TPSA) is 49.5 Å². The number of rotatable bonds is 3. The molecule has 3 atom stereocenters. The summed E-state index contributed by atoms with van der Waals surface area (Å²) in [6, 6.07) is 8.58. The van der Waals surface area contributed by atoms with Crippen LogP contribution in [0, 0.1) is 5.92 Å². The van der Waals surface area contributed by atoms with Crippen molar-refractivity contribution < 1.29 is 5.11 Å². The second-order valence-electron chi connectivity index (χ2n) is 5.13. The molecule has 0 amide bonds. The Morgan fingerprint density at radius 1 is 1.56 bits per heavy atom. The smallest absolute Gasteiger partial charge is 0.0590 e. The Morgan fingerprint density at radius 2 is 2.33 bits per heavy atom. The third kappa shape index (κ3) is 3.12. The van der Waals surface area contributed by atoms with E-state index in [1.54, 1.807) is 0 Å². The van der Waals surface area contributed by atoms with Crippen LogP contribution in [0.1, 0.15) is 24.9 Å². The summed E-state index contributed by atoms with van der Waals surface area (Å²) >= 11 is 3.51. The molecule has 2 rings (SSSR count). The molecular weight excluding hydrogens is 292 g/mol. The fourth-order valence-electron chi connectivity index (χ4n) is 2.66. The Morgan fingerprint density at radius 3 is 2.94 bits per heavy atom. The van der Waals surface area contributed by atoms with Gasteiger partial charge in [0.25, 0.3) is 0 Å². The first kappa shape index (κ1) is 14.0. The van der Waals surface area contributed by atoms with Gasteiger partial charge in [0.1, 0.15) is 0 Å². The minimum Gasteiger partial charge on any atom is -0.393 e. The monoisotopic (exact) mass is 312 g/mol. The largest absolute Gasteiger partial charge is 0.393 e. The van der Waals surface area contributed by atoms with E-state index in [1.165, 1.54) is 5.56 Å². The van der Waals surface area contributed by atoms with Crippen LogP contribution in [-0.4, -0.2) is 35.7 Å². The quantitative estimate of drug-likeness (QED) is 0.899. The van der Waals surface area contributed by atoms with Gasteiger partial charge in [0.2, 0.25) is 0 Å². The van der Waals surface area contributed by atoms with E-state index in [1.807, 2.05) is 12.1 Å². The molecular formula is C14H21BrN2O. The molecule has 1 heterocycles. The number of piperidine rings is 1. The van der Waals surface area contributed by atoms with E-state index in [2.05, 4.69) is 39.9 Å². The average Bonchev–Trinajstić information content (AvgIpc) is 2.35. The van der Waals surface area contributed by atoms with Crippen molar-refractivity contribution in [2.45, 2.75) is 25.5 Å².